The predicted molar refractivity (Wildman–Crippen MR) is 65.1 cm³/mol. The Labute approximate surface area is 109 Å². The summed E-state index contributed by atoms with van der Waals surface area (Å²) < 4.78 is 1.48. The van der Waals surface area contributed by atoms with Gasteiger partial charge in [-0.15, -0.1) is 0 Å². The van der Waals surface area contributed by atoms with Crippen LogP contribution in [0.15, 0.2) is 12.4 Å². The normalized spacial score (nSPS) is 12.2. The first kappa shape index (κ1) is 14.0. The van der Waals surface area contributed by atoms with E-state index in [0.29, 0.717) is 18.0 Å². The van der Waals surface area contributed by atoms with Gasteiger partial charge in [-0.3, -0.25) is 14.3 Å². The Bertz CT molecular complexity index is 406. The third-order valence-electron chi connectivity index (χ3n) is 2.20. The van der Waals surface area contributed by atoms with Gasteiger partial charge in [0, 0.05) is 19.2 Å². The van der Waals surface area contributed by atoms with Crippen LogP contribution in [0, 0.1) is 0 Å². The number of nitrogens with zero attached hydrogens (tertiary/aromatic N) is 2. The van der Waals surface area contributed by atoms with Gasteiger partial charge >= 0.3 is 0 Å². The van der Waals surface area contributed by atoms with Gasteiger partial charge in [-0.25, -0.2) is 0 Å². The number of hydrogen-bond donors (Lipinski definition) is 1. The summed E-state index contributed by atoms with van der Waals surface area (Å²) in [4.78, 5) is 22.1. The average Bonchev–Trinajstić information content (AvgIpc) is 2.69. The Morgan fingerprint density at radius 2 is 2.29 bits per heavy atom. The summed E-state index contributed by atoms with van der Waals surface area (Å²) in [6.07, 6.45) is 3.83. The van der Waals surface area contributed by atoms with E-state index in [9.17, 15) is 9.59 Å². The lowest BCUT2D eigenvalue weighted by Gasteiger charge is -2.12. The van der Waals surface area contributed by atoms with Crippen molar-refractivity contribution in [1.82, 2.24) is 15.1 Å². The minimum Gasteiger partial charge on any atom is -0.354 e. The fourth-order valence-electron chi connectivity index (χ4n) is 1.23. The van der Waals surface area contributed by atoms with E-state index in [0.717, 1.165) is 0 Å². The van der Waals surface area contributed by atoms with E-state index in [4.69, 9.17) is 23.2 Å². The number of carbonyl (C=O) groups excluding carboxylic acids is 2. The molecule has 5 nitrogen and oxygen atoms in total. The van der Waals surface area contributed by atoms with Crippen molar-refractivity contribution >= 4 is 34.4 Å². The van der Waals surface area contributed by atoms with Crippen molar-refractivity contribution in [3.8, 4) is 0 Å². The Hall–Kier alpha value is -1.07. The van der Waals surface area contributed by atoms with E-state index in [-0.39, 0.29) is 12.3 Å². The fraction of sp³-hybridized carbons (Fsp3) is 0.500. The lowest BCUT2D eigenvalue weighted by molar-refractivity contribution is -0.124. The van der Waals surface area contributed by atoms with Crippen LogP contribution in [0.2, 0.25) is 5.02 Å². The summed E-state index contributed by atoms with van der Waals surface area (Å²) in [5.74, 6) is -0.174. The quantitative estimate of drug-likeness (QED) is 0.637. The Balaban J connectivity index is 2.35. The summed E-state index contributed by atoms with van der Waals surface area (Å²) in [6.45, 7) is 2.13. The molecule has 0 saturated carbocycles. The smallest absolute Gasteiger partial charge is 0.244 e. The molecular weight excluding hydrogens is 265 g/mol. The second-order valence-electron chi connectivity index (χ2n) is 3.56. The molecule has 0 aliphatic carbocycles. The highest BCUT2D eigenvalue weighted by atomic mass is 35.5. The predicted octanol–water partition coefficient (Wildman–Crippen LogP) is 1.76. The van der Waals surface area contributed by atoms with Crippen LogP contribution in [0.5, 0.6) is 0 Å². The Kier molecular flexibility index (Phi) is 5.44. The molecule has 1 rings (SSSR count). The zero-order chi connectivity index (χ0) is 12.8. The summed E-state index contributed by atoms with van der Waals surface area (Å²) in [5, 5.41) is 6.72. The highest BCUT2D eigenvalue weighted by Crippen LogP contribution is 2.10. The largest absolute Gasteiger partial charge is 0.354 e. The second kappa shape index (κ2) is 6.61. The molecule has 0 fully saturated rings. The number of halogens is 2. The van der Waals surface area contributed by atoms with Gasteiger partial charge in [0.15, 0.2) is 0 Å². The van der Waals surface area contributed by atoms with Gasteiger partial charge in [-0.1, -0.05) is 11.6 Å². The van der Waals surface area contributed by atoms with Crippen LogP contribution >= 0.6 is 23.2 Å². The maximum atomic E-state index is 11.7. The molecule has 7 heteroatoms. The summed E-state index contributed by atoms with van der Waals surface area (Å²) in [5.41, 5.74) is 0. The van der Waals surface area contributed by atoms with Gasteiger partial charge in [-0.2, -0.15) is 5.10 Å². The van der Waals surface area contributed by atoms with Gasteiger partial charge in [-0.05, 0) is 24.9 Å². The van der Waals surface area contributed by atoms with Crippen molar-refractivity contribution in [3.63, 3.8) is 0 Å². The maximum absolute atomic E-state index is 11.7. The standard InChI is InChI=1S/C10H13Cl2N3O2/c1-7(15-6-8(11)5-14-15)10(17)13-4-2-3-9(12)16/h5-7H,2-4H2,1H3,(H,13,17). The zero-order valence-electron chi connectivity index (χ0n) is 9.32. The van der Waals surface area contributed by atoms with Crippen LogP contribution in [0.3, 0.4) is 0 Å². The van der Waals surface area contributed by atoms with Crippen molar-refractivity contribution in [1.29, 1.82) is 0 Å². The third kappa shape index (κ3) is 4.75. The minimum atomic E-state index is -0.436. The fourth-order valence-corrected chi connectivity index (χ4v) is 1.51. The van der Waals surface area contributed by atoms with Crippen molar-refractivity contribution in [3.05, 3.63) is 17.4 Å². The van der Waals surface area contributed by atoms with Crippen LogP contribution in [-0.4, -0.2) is 27.5 Å². The summed E-state index contributed by atoms with van der Waals surface area (Å²) in [7, 11) is 0. The molecule has 0 spiro atoms. The first-order chi connectivity index (χ1) is 8.00. The lowest BCUT2D eigenvalue weighted by atomic mass is 10.3. The van der Waals surface area contributed by atoms with E-state index in [1.807, 2.05) is 0 Å². The van der Waals surface area contributed by atoms with Gasteiger partial charge in [0.2, 0.25) is 11.1 Å². The minimum absolute atomic E-state index is 0.174. The molecule has 1 atom stereocenters. The molecule has 1 aromatic heterocycles. The highest BCUT2D eigenvalue weighted by Gasteiger charge is 2.14. The third-order valence-corrected chi connectivity index (χ3v) is 2.58. The lowest BCUT2D eigenvalue weighted by Crippen LogP contribution is -2.32. The number of rotatable bonds is 6. The molecule has 0 aliphatic rings. The van der Waals surface area contributed by atoms with E-state index >= 15 is 0 Å². The number of amides is 1. The van der Waals surface area contributed by atoms with Crippen LogP contribution < -0.4 is 5.32 Å². The van der Waals surface area contributed by atoms with E-state index in [1.165, 1.54) is 10.9 Å². The summed E-state index contributed by atoms with van der Waals surface area (Å²) >= 11 is 10.9. The topological polar surface area (TPSA) is 64.0 Å². The van der Waals surface area contributed by atoms with Crippen LogP contribution in [0.25, 0.3) is 0 Å². The number of carbonyl (C=O) groups is 2. The maximum Gasteiger partial charge on any atom is 0.244 e. The SMILES string of the molecule is CC(C(=O)NCCCC(=O)Cl)n1cc(Cl)cn1. The molecular formula is C10H13Cl2N3O2. The van der Waals surface area contributed by atoms with Gasteiger partial charge in [0.25, 0.3) is 0 Å². The molecule has 0 radical (unpaired) electrons. The molecule has 1 N–H and O–H groups in total. The summed E-state index contributed by atoms with van der Waals surface area (Å²) in [6, 6.07) is -0.436. The highest BCUT2D eigenvalue weighted by molar-refractivity contribution is 6.63. The molecule has 1 aromatic rings. The first-order valence-electron chi connectivity index (χ1n) is 5.16. The number of hydrogen-bond acceptors (Lipinski definition) is 3. The average molecular weight is 278 g/mol. The first-order valence-corrected chi connectivity index (χ1v) is 5.92. The molecule has 1 heterocycles. The molecule has 17 heavy (non-hydrogen) atoms. The molecule has 0 aliphatic heterocycles. The molecule has 0 aromatic carbocycles. The van der Waals surface area contributed by atoms with E-state index < -0.39 is 11.3 Å². The van der Waals surface area contributed by atoms with Gasteiger partial charge < -0.3 is 5.32 Å². The second-order valence-corrected chi connectivity index (χ2v) is 4.42. The monoisotopic (exact) mass is 277 g/mol. The number of aromatic nitrogens is 2. The molecule has 94 valence electrons. The van der Waals surface area contributed by atoms with Crippen LogP contribution in [0.4, 0.5) is 0 Å². The molecule has 0 bridgehead atoms. The van der Waals surface area contributed by atoms with Crippen LogP contribution in [0.1, 0.15) is 25.8 Å². The Morgan fingerprint density at radius 3 is 2.82 bits per heavy atom. The zero-order valence-corrected chi connectivity index (χ0v) is 10.8. The van der Waals surface area contributed by atoms with Crippen molar-refractivity contribution < 1.29 is 9.59 Å². The van der Waals surface area contributed by atoms with E-state index in [1.54, 1.807) is 13.1 Å². The molecule has 1 amide bonds. The van der Waals surface area contributed by atoms with Crippen LogP contribution in [-0.2, 0) is 9.59 Å². The van der Waals surface area contributed by atoms with E-state index in [2.05, 4.69) is 10.4 Å². The van der Waals surface area contributed by atoms with Gasteiger partial charge in [0.1, 0.15) is 6.04 Å². The Morgan fingerprint density at radius 1 is 1.59 bits per heavy atom. The molecule has 0 saturated heterocycles. The molecule has 1 unspecified atom stereocenters. The van der Waals surface area contributed by atoms with Gasteiger partial charge in [0.05, 0.1) is 11.2 Å². The van der Waals surface area contributed by atoms with Crippen molar-refractivity contribution in [2.75, 3.05) is 6.54 Å². The van der Waals surface area contributed by atoms with Crippen molar-refractivity contribution in [2.45, 2.75) is 25.8 Å². The van der Waals surface area contributed by atoms with Crippen molar-refractivity contribution in [2.24, 2.45) is 0 Å². The number of nitrogens with one attached hydrogen (secondary N) is 1.